The summed E-state index contributed by atoms with van der Waals surface area (Å²) in [6.07, 6.45) is 0. The van der Waals surface area contributed by atoms with E-state index in [1.807, 2.05) is 18.2 Å². The molecule has 3 rings (SSSR count). The van der Waals surface area contributed by atoms with Gasteiger partial charge in [-0.15, -0.1) is 0 Å². The molecule has 1 aromatic heterocycles. The first-order chi connectivity index (χ1) is 11.7. The van der Waals surface area contributed by atoms with Crippen LogP contribution in [0.2, 0.25) is 0 Å². The molecule has 4 nitrogen and oxygen atoms in total. The van der Waals surface area contributed by atoms with E-state index in [0.29, 0.717) is 16.4 Å². The Hall–Kier alpha value is -2.36. The van der Waals surface area contributed by atoms with Crippen molar-refractivity contribution in [3.63, 3.8) is 0 Å². The van der Waals surface area contributed by atoms with Crippen molar-refractivity contribution in [2.24, 2.45) is 0 Å². The van der Waals surface area contributed by atoms with E-state index < -0.39 is 17.0 Å². The molecule has 3 aromatic rings. The summed E-state index contributed by atoms with van der Waals surface area (Å²) in [4.78, 5) is 0. The quantitative estimate of drug-likeness (QED) is 0.742. The Morgan fingerprint density at radius 1 is 1.24 bits per heavy atom. The molecule has 0 fully saturated rings. The molecule has 0 aliphatic rings. The largest absolute Gasteiger partial charge is 0.453 e. The van der Waals surface area contributed by atoms with Gasteiger partial charge in [0.25, 0.3) is 0 Å². The predicted molar refractivity (Wildman–Crippen MR) is 96.6 cm³/mol. The number of fused-ring (bicyclic) bond motifs is 3. The van der Waals surface area contributed by atoms with E-state index in [1.54, 1.807) is 39.8 Å². The van der Waals surface area contributed by atoms with E-state index in [0.717, 1.165) is 5.39 Å². The van der Waals surface area contributed by atoms with Crippen molar-refractivity contribution in [1.82, 2.24) is 0 Å². The molecule has 0 bridgehead atoms. The minimum atomic E-state index is -1.09. The number of hydrogen-bond donors (Lipinski definition) is 1. The average Bonchev–Trinajstić information content (AvgIpc) is 2.93. The maximum atomic E-state index is 14.4. The van der Waals surface area contributed by atoms with Crippen LogP contribution in [-0.4, -0.2) is 23.8 Å². The third kappa shape index (κ3) is 2.90. The Morgan fingerprint density at radius 3 is 2.56 bits per heavy atom. The van der Waals surface area contributed by atoms with E-state index in [2.05, 4.69) is 0 Å². The Morgan fingerprint density at radius 2 is 1.92 bits per heavy atom. The molecule has 0 aliphatic carbocycles. The van der Waals surface area contributed by atoms with E-state index >= 15 is 0 Å². The van der Waals surface area contributed by atoms with Crippen molar-refractivity contribution in [2.75, 3.05) is 0 Å². The minimum Gasteiger partial charge on any atom is -0.453 e. The number of para-hydroxylation sites is 1. The molecule has 0 radical (unpaired) electrons. The Balaban J connectivity index is 2.20. The lowest BCUT2D eigenvalue weighted by molar-refractivity contribution is -0.0893. The van der Waals surface area contributed by atoms with Gasteiger partial charge in [-0.1, -0.05) is 18.2 Å². The molecule has 0 spiro atoms. The lowest BCUT2D eigenvalue weighted by Crippen LogP contribution is -2.49. The normalized spacial score (nSPS) is 12.5. The van der Waals surface area contributed by atoms with E-state index in [-0.39, 0.29) is 18.6 Å². The number of nitriles is 1. The highest BCUT2D eigenvalue weighted by Gasteiger charge is 2.36. The molecule has 2 aromatic carbocycles. The fourth-order valence-corrected chi connectivity index (χ4v) is 2.61. The van der Waals surface area contributed by atoms with Crippen LogP contribution in [0.1, 0.15) is 33.3 Å². The third-order valence-electron chi connectivity index (χ3n) is 4.88. The van der Waals surface area contributed by atoms with Crippen LogP contribution in [0, 0.1) is 17.1 Å². The van der Waals surface area contributed by atoms with Crippen molar-refractivity contribution < 1.29 is 18.6 Å². The van der Waals surface area contributed by atoms with Gasteiger partial charge in [0.05, 0.1) is 22.8 Å². The molecule has 6 heteroatoms. The molecule has 25 heavy (non-hydrogen) atoms. The van der Waals surface area contributed by atoms with Gasteiger partial charge in [0.2, 0.25) is 0 Å². The fourth-order valence-electron chi connectivity index (χ4n) is 2.61. The van der Waals surface area contributed by atoms with Gasteiger partial charge in [-0.3, -0.25) is 0 Å². The first-order valence-electron chi connectivity index (χ1n) is 8.05. The summed E-state index contributed by atoms with van der Waals surface area (Å²) < 4.78 is 25.9. The molecular formula is C19H19BFNO3. The summed E-state index contributed by atoms with van der Waals surface area (Å²) in [5, 5.41) is 21.0. The van der Waals surface area contributed by atoms with Crippen molar-refractivity contribution in [2.45, 2.75) is 38.9 Å². The van der Waals surface area contributed by atoms with Crippen molar-refractivity contribution >= 4 is 34.9 Å². The maximum absolute atomic E-state index is 14.4. The first-order valence-corrected chi connectivity index (χ1v) is 8.05. The maximum Gasteiger partial charge on any atom is 0.311 e. The SMILES string of the molecule is CC(C)(O)C(C)(C)OBc1c(C#N)cc(F)c2oc3ccccc3c12. The second kappa shape index (κ2) is 5.87. The average molecular weight is 339 g/mol. The van der Waals surface area contributed by atoms with Crippen LogP contribution < -0.4 is 5.46 Å². The van der Waals surface area contributed by atoms with Crippen molar-refractivity contribution in [3.8, 4) is 6.07 Å². The molecule has 0 saturated heterocycles. The number of nitrogens with zero attached hydrogens (tertiary/aromatic N) is 1. The smallest absolute Gasteiger partial charge is 0.311 e. The van der Waals surface area contributed by atoms with Gasteiger partial charge in [-0.25, -0.2) is 4.39 Å². The molecule has 0 saturated carbocycles. The second-order valence-corrected chi connectivity index (χ2v) is 7.16. The molecule has 0 amide bonds. The molecule has 0 unspecified atom stereocenters. The summed E-state index contributed by atoms with van der Waals surface area (Å²) >= 11 is 0. The van der Waals surface area contributed by atoms with Gasteiger partial charge in [-0.05, 0) is 45.3 Å². The molecule has 128 valence electrons. The predicted octanol–water partition coefficient (Wildman–Crippen LogP) is 3.14. The minimum absolute atomic E-state index is 0.0557. The Labute approximate surface area is 146 Å². The lowest BCUT2D eigenvalue weighted by Gasteiger charge is -2.37. The zero-order chi connectivity index (χ0) is 18.4. The zero-order valence-corrected chi connectivity index (χ0v) is 14.7. The van der Waals surface area contributed by atoms with Crippen LogP contribution in [0.3, 0.4) is 0 Å². The Kier molecular flexibility index (Phi) is 4.10. The van der Waals surface area contributed by atoms with Crippen LogP contribution in [0.5, 0.6) is 0 Å². The topological polar surface area (TPSA) is 66.4 Å². The number of aliphatic hydroxyl groups is 1. The van der Waals surface area contributed by atoms with Gasteiger partial charge in [-0.2, -0.15) is 5.26 Å². The summed E-state index contributed by atoms with van der Waals surface area (Å²) in [6, 6.07) is 10.4. The Bertz CT molecular complexity index is 996. The number of halogens is 1. The molecule has 1 N–H and O–H groups in total. The first kappa shape index (κ1) is 17.5. The van der Waals surface area contributed by atoms with Gasteiger partial charge < -0.3 is 14.2 Å². The number of rotatable bonds is 4. The van der Waals surface area contributed by atoms with Crippen molar-refractivity contribution in [1.29, 1.82) is 5.26 Å². The number of hydrogen-bond acceptors (Lipinski definition) is 4. The van der Waals surface area contributed by atoms with Crippen LogP contribution in [0.15, 0.2) is 34.7 Å². The monoisotopic (exact) mass is 339 g/mol. The third-order valence-corrected chi connectivity index (χ3v) is 4.88. The summed E-state index contributed by atoms with van der Waals surface area (Å²) in [7, 11) is 0.0557. The fraction of sp³-hybridized carbons (Fsp3) is 0.316. The van der Waals surface area contributed by atoms with Crippen LogP contribution in [0.25, 0.3) is 21.9 Å². The molecule has 1 heterocycles. The number of furan rings is 1. The summed E-state index contributed by atoms with van der Waals surface area (Å²) in [5.41, 5.74) is -0.532. The van der Waals surface area contributed by atoms with Gasteiger partial charge in [0.1, 0.15) is 5.58 Å². The van der Waals surface area contributed by atoms with E-state index in [9.17, 15) is 14.8 Å². The lowest BCUT2D eigenvalue weighted by atomic mass is 9.78. The highest BCUT2D eigenvalue weighted by atomic mass is 19.1. The zero-order valence-electron chi connectivity index (χ0n) is 14.7. The van der Waals surface area contributed by atoms with Gasteiger partial charge >= 0.3 is 7.48 Å². The van der Waals surface area contributed by atoms with Gasteiger partial charge in [0.15, 0.2) is 11.4 Å². The molecule has 0 aliphatic heterocycles. The van der Waals surface area contributed by atoms with E-state index in [1.165, 1.54) is 6.07 Å². The van der Waals surface area contributed by atoms with Gasteiger partial charge in [0, 0.05) is 10.8 Å². The summed E-state index contributed by atoms with van der Waals surface area (Å²) in [6.45, 7) is 6.86. The standard InChI is InChI=1S/C19H19BFNO3/c1-18(2,23)19(3,4)25-20-16-11(10-22)9-13(21)17-15(16)12-7-5-6-8-14(12)24-17/h5-9,20,23H,1-4H3. The van der Waals surface area contributed by atoms with E-state index in [4.69, 9.17) is 9.07 Å². The number of benzene rings is 2. The highest BCUT2D eigenvalue weighted by molar-refractivity contribution is 6.54. The summed E-state index contributed by atoms with van der Waals surface area (Å²) in [5.74, 6) is -0.576. The molecule has 0 atom stereocenters. The molecular weight excluding hydrogens is 320 g/mol. The van der Waals surface area contributed by atoms with Crippen LogP contribution in [0.4, 0.5) is 4.39 Å². The van der Waals surface area contributed by atoms with Crippen molar-refractivity contribution in [3.05, 3.63) is 41.7 Å². The highest BCUT2D eigenvalue weighted by Crippen LogP contribution is 2.31. The van der Waals surface area contributed by atoms with Crippen LogP contribution in [-0.2, 0) is 4.65 Å². The van der Waals surface area contributed by atoms with Crippen LogP contribution >= 0.6 is 0 Å². The second-order valence-electron chi connectivity index (χ2n) is 7.16.